The first kappa shape index (κ1) is 10.1. The van der Waals surface area contributed by atoms with Gasteiger partial charge in [-0.25, -0.2) is 4.39 Å². The third kappa shape index (κ3) is 2.15. The lowest BCUT2D eigenvalue weighted by Gasteiger charge is -2.25. The van der Waals surface area contributed by atoms with Crippen molar-refractivity contribution in [2.24, 2.45) is 0 Å². The summed E-state index contributed by atoms with van der Waals surface area (Å²) in [5, 5.41) is 0. The van der Waals surface area contributed by atoms with E-state index in [0.717, 1.165) is 12.8 Å². The molecule has 0 radical (unpaired) electrons. The van der Waals surface area contributed by atoms with Gasteiger partial charge in [0.2, 0.25) is 0 Å². The molecule has 0 unspecified atom stereocenters. The van der Waals surface area contributed by atoms with Gasteiger partial charge in [-0.3, -0.25) is 0 Å². The molecule has 0 heterocycles. The first-order chi connectivity index (χ1) is 6.77. The van der Waals surface area contributed by atoms with Crippen LogP contribution in [0.25, 0.3) is 0 Å². The van der Waals surface area contributed by atoms with E-state index in [9.17, 15) is 4.39 Å². The van der Waals surface area contributed by atoms with Crippen molar-refractivity contribution in [1.82, 2.24) is 0 Å². The van der Waals surface area contributed by atoms with E-state index in [4.69, 9.17) is 4.74 Å². The first-order valence-corrected chi connectivity index (χ1v) is 5.61. The molecular weight excluding hydrogens is 247 g/mol. The maximum Gasteiger partial charge on any atom is 0.142 e. The molecule has 3 heteroatoms. The molecule has 1 aliphatic rings. The number of hydrogen-bond donors (Lipinski definition) is 0. The van der Waals surface area contributed by atoms with Gasteiger partial charge in [-0.2, -0.15) is 0 Å². The summed E-state index contributed by atoms with van der Waals surface area (Å²) in [7, 11) is 0. The molecule has 0 aromatic heterocycles. The second-order valence-electron chi connectivity index (χ2n) is 3.58. The van der Waals surface area contributed by atoms with Gasteiger partial charge < -0.3 is 4.74 Å². The molecular formula is C11H12BrFO. The number of hydrogen-bond acceptors (Lipinski definition) is 1. The molecule has 0 N–H and O–H groups in total. The number of halogens is 2. The first-order valence-electron chi connectivity index (χ1n) is 4.82. The topological polar surface area (TPSA) is 9.23 Å². The molecule has 0 amide bonds. The van der Waals surface area contributed by atoms with Gasteiger partial charge in [0.1, 0.15) is 5.82 Å². The van der Waals surface area contributed by atoms with Gasteiger partial charge in [0.25, 0.3) is 0 Å². The summed E-state index contributed by atoms with van der Waals surface area (Å²) < 4.78 is 19.5. The van der Waals surface area contributed by atoms with Crippen molar-refractivity contribution in [3.8, 4) is 0 Å². The predicted molar refractivity (Wildman–Crippen MR) is 56.5 cm³/mol. The van der Waals surface area contributed by atoms with Gasteiger partial charge in [-0.05, 0) is 41.3 Å². The lowest BCUT2D eigenvalue weighted by molar-refractivity contribution is -0.00979. The molecule has 1 aromatic carbocycles. The quantitative estimate of drug-likeness (QED) is 0.804. The van der Waals surface area contributed by atoms with Crippen LogP contribution in [-0.2, 0) is 11.3 Å². The van der Waals surface area contributed by atoms with E-state index in [1.165, 1.54) is 6.42 Å². The summed E-state index contributed by atoms with van der Waals surface area (Å²) >= 11 is 3.15. The fourth-order valence-electron chi connectivity index (χ4n) is 1.41. The summed E-state index contributed by atoms with van der Waals surface area (Å²) in [4.78, 5) is 0. The Kier molecular flexibility index (Phi) is 3.19. The van der Waals surface area contributed by atoms with Crippen LogP contribution in [-0.4, -0.2) is 6.10 Å². The molecule has 1 fully saturated rings. The molecule has 76 valence electrons. The number of benzene rings is 1. The third-order valence-electron chi connectivity index (χ3n) is 2.56. The lowest BCUT2D eigenvalue weighted by atomic mass is 9.96. The average Bonchev–Trinajstić information content (AvgIpc) is 2.09. The molecule has 0 spiro atoms. The van der Waals surface area contributed by atoms with Crippen molar-refractivity contribution in [3.63, 3.8) is 0 Å². The Balaban J connectivity index is 1.97. The van der Waals surface area contributed by atoms with E-state index in [-0.39, 0.29) is 5.82 Å². The summed E-state index contributed by atoms with van der Waals surface area (Å²) in [6, 6.07) is 5.29. The minimum Gasteiger partial charge on any atom is -0.373 e. The maximum absolute atomic E-state index is 13.4. The van der Waals surface area contributed by atoms with Crippen molar-refractivity contribution >= 4 is 15.9 Å². The van der Waals surface area contributed by atoms with E-state index in [1.807, 2.05) is 6.07 Å². The molecule has 2 rings (SSSR count). The molecule has 1 nitrogen and oxygen atoms in total. The fourth-order valence-corrected chi connectivity index (χ4v) is 1.81. The van der Waals surface area contributed by atoms with Gasteiger partial charge in [0.05, 0.1) is 17.2 Å². The minimum absolute atomic E-state index is 0.202. The zero-order valence-electron chi connectivity index (χ0n) is 7.80. The Morgan fingerprint density at radius 2 is 2.21 bits per heavy atom. The minimum atomic E-state index is -0.202. The third-order valence-corrected chi connectivity index (χ3v) is 3.17. The van der Waals surface area contributed by atoms with Crippen LogP contribution in [0.15, 0.2) is 22.7 Å². The van der Waals surface area contributed by atoms with Crippen molar-refractivity contribution in [2.75, 3.05) is 0 Å². The SMILES string of the molecule is Fc1c(Br)cccc1COC1CCC1. The van der Waals surface area contributed by atoms with E-state index < -0.39 is 0 Å². The zero-order chi connectivity index (χ0) is 9.97. The molecule has 0 aliphatic heterocycles. The number of ether oxygens (including phenoxy) is 1. The smallest absolute Gasteiger partial charge is 0.142 e. The highest BCUT2D eigenvalue weighted by atomic mass is 79.9. The monoisotopic (exact) mass is 258 g/mol. The Hall–Kier alpha value is -0.410. The Morgan fingerprint density at radius 3 is 2.86 bits per heavy atom. The summed E-state index contributed by atoms with van der Waals surface area (Å²) in [6.45, 7) is 0.385. The summed E-state index contributed by atoms with van der Waals surface area (Å²) in [6.07, 6.45) is 3.84. The van der Waals surface area contributed by atoms with Crippen molar-refractivity contribution < 1.29 is 9.13 Å². The van der Waals surface area contributed by atoms with Crippen LogP contribution < -0.4 is 0 Å². The molecule has 0 saturated heterocycles. The van der Waals surface area contributed by atoms with E-state index in [2.05, 4.69) is 15.9 Å². The van der Waals surface area contributed by atoms with Crippen LogP contribution >= 0.6 is 15.9 Å². The Bertz CT molecular complexity index is 323. The lowest BCUT2D eigenvalue weighted by Crippen LogP contribution is -2.21. The van der Waals surface area contributed by atoms with Crippen molar-refractivity contribution in [2.45, 2.75) is 32.0 Å². The van der Waals surface area contributed by atoms with E-state index >= 15 is 0 Å². The van der Waals surface area contributed by atoms with Crippen LogP contribution in [0.5, 0.6) is 0 Å². The van der Waals surface area contributed by atoms with E-state index in [0.29, 0.717) is 22.7 Å². The fraction of sp³-hybridized carbons (Fsp3) is 0.455. The highest BCUT2D eigenvalue weighted by Gasteiger charge is 2.18. The largest absolute Gasteiger partial charge is 0.373 e. The summed E-state index contributed by atoms with van der Waals surface area (Å²) in [5.74, 6) is -0.202. The van der Waals surface area contributed by atoms with Gasteiger partial charge in [-0.15, -0.1) is 0 Å². The van der Waals surface area contributed by atoms with E-state index in [1.54, 1.807) is 12.1 Å². The molecule has 1 aliphatic carbocycles. The van der Waals surface area contributed by atoms with Crippen LogP contribution in [0.1, 0.15) is 24.8 Å². The Morgan fingerprint density at radius 1 is 1.43 bits per heavy atom. The highest BCUT2D eigenvalue weighted by Crippen LogP contribution is 2.25. The molecule has 1 saturated carbocycles. The van der Waals surface area contributed by atoms with Gasteiger partial charge in [-0.1, -0.05) is 12.1 Å². The van der Waals surface area contributed by atoms with Crippen LogP contribution in [0.4, 0.5) is 4.39 Å². The standard InChI is InChI=1S/C11H12BrFO/c12-10-6-1-3-8(11(10)13)7-14-9-4-2-5-9/h1,3,6,9H,2,4-5,7H2. The average molecular weight is 259 g/mol. The second kappa shape index (κ2) is 4.41. The molecule has 0 bridgehead atoms. The van der Waals surface area contributed by atoms with Crippen LogP contribution in [0, 0.1) is 5.82 Å². The highest BCUT2D eigenvalue weighted by molar-refractivity contribution is 9.10. The maximum atomic E-state index is 13.4. The van der Waals surface area contributed by atoms with Gasteiger partial charge in [0.15, 0.2) is 0 Å². The van der Waals surface area contributed by atoms with Crippen molar-refractivity contribution in [3.05, 3.63) is 34.1 Å². The normalized spacial score (nSPS) is 16.7. The summed E-state index contributed by atoms with van der Waals surface area (Å²) in [5.41, 5.74) is 0.631. The van der Waals surface area contributed by atoms with Crippen LogP contribution in [0.3, 0.4) is 0 Å². The molecule has 0 atom stereocenters. The Labute approximate surface area is 91.4 Å². The molecule has 1 aromatic rings. The second-order valence-corrected chi connectivity index (χ2v) is 4.43. The van der Waals surface area contributed by atoms with Crippen LogP contribution in [0.2, 0.25) is 0 Å². The van der Waals surface area contributed by atoms with Gasteiger partial charge >= 0.3 is 0 Å². The van der Waals surface area contributed by atoms with Crippen molar-refractivity contribution in [1.29, 1.82) is 0 Å². The zero-order valence-corrected chi connectivity index (χ0v) is 9.39. The number of rotatable bonds is 3. The van der Waals surface area contributed by atoms with Gasteiger partial charge in [0, 0.05) is 5.56 Å². The predicted octanol–water partition coefficient (Wildman–Crippen LogP) is 3.66. The molecule has 14 heavy (non-hydrogen) atoms.